The molecule has 1 aromatic heterocycles. The fourth-order valence-corrected chi connectivity index (χ4v) is 2.27. The molecule has 12 heavy (non-hydrogen) atoms. The minimum atomic E-state index is 0.905. The first-order valence-electron chi connectivity index (χ1n) is 4.24. The molecule has 66 valence electrons. The number of furan rings is 1. The molecule has 1 fully saturated rings. The van der Waals surface area contributed by atoms with Crippen molar-refractivity contribution in [3.63, 3.8) is 0 Å². The lowest BCUT2D eigenvalue weighted by molar-refractivity contribution is 0.385. The van der Waals surface area contributed by atoms with E-state index < -0.39 is 0 Å². The Labute approximate surface area is 76.7 Å². The van der Waals surface area contributed by atoms with Crippen LogP contribution in [0.4, 0.5) is 0 Å². The van der Waals surface area contributed by atoms with Gasteiger partial charge in [-0.15, -0.1) is 0 Å². The molecule has 0 atom stereocenters. The van der Waals surface area contributed by atoms with Crippen LogP contribution in [0.2, 0.25) is 0 Å². The van der Waals surface area contributed by atoms with Crippen molar-refractivity contribution in [2.75, 3.05) is 18.8 Å². The van der Waals surface area contributed by atoms with E-state index in [2.05, 4.69) is 5.32 Å². The summed E-state index contributed by atoms with van der Waals surface area (Å²) in [7, 11) is 0. The van der Waals surface area contributed by atoms with Crippen molar-refractivity contribution in [1.82, 2.24) is 5.32 Å². The lowest BCUT2D eigenvalue weighted by Crippen LogP contribution is -2.43. The Hall–Kier alpha value is -0.410. The third-order valence-corrected chi connectivity index (χ3v) is 3.31. The molecule has 1 saturated heterocycles. The Morgan fingerprint density at radius 2 is 2.50 bits per heavy atom. The summed E-state index contributed by atoms with van der Waals surface area (Å²) in [4.78, 5) is 0. The molecule has 2 nitrogen and oxygen atoms in total. The zero-order chi connectivity index (χ0) is 8.23. The van der Waals surface area contributed by atoms with Crippen LogP contribution in [0.25, 0.3) is 0 Å². The van der Waals surface area contributed by atoms with E-state index in [4.69, 9.17) is 4.42 Å². The van der Waals surface area contributed by atoms with E-state index >= 15 is 0 Å². The standard InChI is InChI=1S/C9H13NOS/c1-2-11-5-8(1)6-12-7-9-3-10-4-9/h1-2,5,9-10H,3-4,6-7H2. The molecule has 0 radical (unpaired) electrons. The van der Waals surface area contributed by atoms with Gasteiger partial charge in [0.1, 0.15) is 0 Å². The van der Waals surface area contributed by atoms with Gasteiger partial charge in [-0.05, 0) is 30.8 Å². The molecule has 1 aromatic rings. The summed E-state index contributed by atoms with van der Waals surface area (Å²) in [6.07, 6.45) is 3.56. The summed E-state index contributed by atoms with van der Waals surface area (Å²) in [6, 6.07) is 2.03. The quantitative estimate of drug-likeness (QED) is 0.769. The van der Waals surface area contributed by atoms with Gasteiger partial charge in [-0.1, -0.05) is 0 Å². The van der Waals surface area contributed by atoms with Crippen LogP contribution >= 0.6 is 11.8 Å². The lowest BCUT2D eigenvalue weighted by Gasteiger charge is -2.26. The molecule has 0 saturated carbocycles. The number of nitrogens with one attached hydrogen (secondary N) is 1. The molecule has 0 aliphatic carbocycles. The second-order valence-electron chi connectivity index (χ2n) is 3.17. The maximum Gasteiger partial charge on any atom is 0.0942 e. The third-order valence-electron chi connectivity index (χ3n) is 2.07. The maximum atomic E-state index is 4.99. The van der Waals surface area contributed by atoms with Crippen LogP contribution in [0.3, 0.4) is 0 Å². The van der Waals surface area contributed by atoms with E-state index in [1.807, 2.05) is 24.1 Å². The molecular weight excluding hydrogens is 170 g/mol. The van der Waals surface area contributed by atoms with Gasteiger partial charge >= 0.3 is 0 Å². The van der Waals surface area contributed by atoms with Crippen molar-refractivity contribution >= 4 is 11.8 Å². The minimum Gasteiger partial charge on any atom is -0.472 e. The summed E-state index contributed by atoms with van der Waals surface area (Å²) in [5, 5.41) is 3.27. The van der Waals surface area contributed by atoms with Gasteiger partial charge in [0.2, 0.25) is 0 Å². The Kier molecular flexibility index (Phi) is 2.74. The molecule has 1 aliphatic rings. The highest BCUT2D eigenvalue weighted by atomic mass is 32.2. The summed E-state index contributed by atoms with van der Waals surface area (Å²) in [6.45, 7) is 2.41. The van der Waals surface area contributed by atoms with Crippen LogP contribution in [0.5, 0.6) is 0 Å². The van der Waals surface area contributed by atoms with Gasteiger partial charge in [0.15, 0.2) is 0 Å². The first-order chi connectivity index (χ1) is 5.95. The topological polar surface area (TPSA) is 25.2 Å². The van der Waals surface area contributed by atoms with Gasteiger partial charge in [0.25, 0.3) is 0 Å². The van der Waals surface area contributed by atoms with E-state index in [-0.39, 0.29) is 0 Å². The van der Waals surface area contributed by atoms with Crippen LogP contribution < -0.4 is 5.32 Å². The van der Waals surface area contributed by atoms with Crippen LogP contribution in [0, 0.1) is 5.92 Å². The molecule has 0 aromatic carbocycles. The normalized spacial score (nSPS) is 17.7. The number of thioether (sulfide) groups is 1. The fraction of sp³-hybridized carbons (Fsp3) is 0.556. The van der Waals surface area contributed by atoms with E-state index in [1.54, 1.807) is 6.26 Å². The summed E-state index contributed by atoms with van der Waals surface area (Å²) < 4.78 is 4.99. The summed E-state index contributed by atoms with van der Waals surface area (Å²) >= 11 is 1.99. The summed E-state index contributed by atoms with van der Waals surface area (Å²) in [5.74, 6) is 3.27. The van der Waals surface area contributed by atoms with Gasteiger partial charge in [0.05, 0.1) is 12.5 Å². The average Bonchev–Trinajstić information content (AvgIpc) is 2.46. The summed E-state index contributed by atoms with van der Waals surface area (Å²) in [5.41, 5.74) is 1.30. The smallest absolute Gasteiger partial charge is 0.0942 e. The Bertz CT molecular complexity index is 218. The first-order valence-corrected chi connectivity index (χ1v) is 5.40. The van der Waals surface area contributed by atoms with Gasteiger partial charge in [0, 0.05) is 11.3 Å². The molecule has 2 heterocycles. The molecular formula is C9H13NOS. The van der Waals surface area contributed by atoms with E-state index in [9.17, 15) is 0 Å². The molecule has 1 N–H and O–H groups in total. The van der Waals surface area contributed by atoms with E-state index in [1.165, 1.54) is 24.4 Å². The van der Waals surface area contributed by atoms with Crippen molar-refractivity contribution in [2.45, 2.75) is 5.75 Å². The average molecular weight is 183 g/mol. The predicted molar refractivity (Wildman–Crippen MR) is 51.2 cm³/mol. The van der Waals surface area contributed by atoms with Crippen LogP contribution in [0.1, 0.15) is 5.56 Å². The fourth-order valence-electron chi connectivity index (χ4n) is 1.18. The zero-order valence-electron chi connectivity index (χ0n) is 6.95. The Morgan fingerprint density at radius 3 is 3.08 bits per heavy atom. The Balaban J connectivity index is 1.62. The Morgan fingerprint density at radius 1 is 1.58 bits per heavy atom. The second kappa shape index (κ2) is 4.01. The molecule has 0 spiro atoms. The van der Waals surface area contributed by atoms with E-state index in [0.29, 0.717) is 0 Å². The van der Waals surface area contributed by atoms with Crippen molar-refractivity contribution in [2.24, 2.45) is 5.92 Å². The van der Waals surface area contributed by atoms with Crippen LogP contribution in [-0.2, 0) is 5.75 Å². The zero-order valence-corrected chi connectivity index (χ0v) is 7.77. The highest BCUT2D eigenvalue weighted by molar-refractivity contribution is 7.98. The predicted octanol–water partition coefficient (Wildman–Crippen LogP) is 1.73. The molecule has 0 amide bonds. The monoisotopic (exact) mass is 183 g/mol. The van der Waals surface area contributed by atoms with Crippen molar-refractivity contribution < 1.29 is 4.42 Å². The molecule has 0 bridgehead atoms. The van der Waals surface area contributed by atoms with Crippen LogP contribution in [-0.4, -0.2) is 18.8 Å². The molecule has 0 unspecified atom stereocenters. The number of hydrogen-bond donors (Lipinski definition) is 1. The first kappa shape index (κ1) is 8.20. The highest BCUT2D eigenvalue weighted by Crippen LogP contribution is 2.17. The van der Waals surface area contributed by atoms with Crippen LogP contribution in [0.15, 0.2) is 23.0 Å². The minimum absolute atomic E-state index is 0.905. The SMILES string of the molecule is c1cc(CSCC2CNC2)co1. The van der Waals surface area contributed by atoms with E-state index in [0.717, 1.165) is 11.7 Å². The van der Waals surface area contributed by atoms with Gasteiger partial charge in [-0.3, -0.25) is 0 Å². The molecule has 2 rings (SSSR count). The van der Waals surface area contributed by atoms with Crippen molar-refractivity contribution in [3.8, 4) is 0 Å². The second-order valence-corrected chi connectivity index (χ2v) is 4.20. The third kappa shape index (κ3) is 2.05. The van der Waals surface area contributed by atoms with Gasteiger partial charge in [-0.25, -0.2) is 0 Å². The lowest BCUT2D eigenvalue weighted by atomic mass is 10.1. The van der Waals surface area contributed by atoms with Crippen molar-refractivity contribution in [3.05, 3.63) is 24.2 Å². The number of rotatable bonds is 4. The largest absolute Gasteiger partial charge is 0.472 e. The number of hydrogen-bond acceptors (Lipinski definition) is 3. The maximum absolute atomic E-state index is 4.99. The highest BCUT2D eigenvalue weighted by Gasteiger charge is 2.15. The van der Waals surface area contributed by atoms with Gasteiger partial charge < -0.3 is 9.73 Å². The van der Waals surface area contributed by atoms with Crippen molar-refractivity contribution in [1.29, 1.82) is 0 Å². The van der Waals surface area contributed by atoms with Gasteiger partial charge in [-0.2, -0.15) is 11.8 Å². The molecule has 1 aliphatic heterocycles. The molecule has 3 heteroatoms.